The van der Waals surface area contributed by atoms with Gasteiger partial charge in [-0.3, -0.25) is 9.59 Å². The zero-order valence-corrected chi connectivity index (χ0v) is 16.0. The van der Waals surface area contributed by atoms with Gasteiger partial charge in [0.25, 0.3) is 5.91 Å². The van der Waals surface area contributed by atoms with Crippen molar-refractivity contribution in [2.45, 2.75) is 19.4 Å². The highest BCUT2D eigenvalue weighted by atomic mass is 32.1. The number of nitrogens with zero attached hydrogens (tertiary/aromatic N) is 1. The zero-order valence-electron chi connectivity index (χ0n) is 15.2. The van der Waals surface area contributed by atoms with E-state index in [9.17, 15) is 14.0 Å². The van der Waals surface area contributed by atoms with Crippen molar-refractivity contribution in [3.8, 4) is 0 Å². The molecule has 0 fully saturated rings. The topological polar surface area (TPSA) is 71.1 Å². The maximum atomic E-state index is 13.6. The Bertz CT molecular complexity index is 944. The first-order valence-electron chi connectivity index (χ1n) is 8.88. The second kappa shape index (κ2) is 9.75. The lowest BCUT2D eigenvalue weighted by Gasteiger charge is -2.05. The van der Waals surface area contributed by atoms with E-state index in [1.165, 1.54) is 17.4 Å². The van der Waals surface area contributed by atoms with Gasteiger partial charge in [-0.1, -0.05) is 48.5 Å². The number of carbonyl (C=O) groups excluding carboxylic acids is 2. The van der Waals surface area contributed by atoms with Crippen molar-refractivity contribution in [3.05, 3.63) is 87.6 Å². The van der Waals surface area contributed by atoms with Gasteiger partial charge in [-0.15, -0.1) is 11.3 Å². The lowest BCUT2D eigenvalue weighted by atomic mass is 10.1. The van der Waals surface area contributed by atoms with Gasteiger partial charge in [0.15, 0.2) is 0 Å². The third-order valence-corrected chi connectivity index (χ3v) is 4.92. The fourth-order valence-electron chi connectivity index (χ4n) is 2.62. The van der Waals surface area contributed by atoms with Crippen molar-refractivity contribution >= 4 is 23.2 Å². The summed E-state index contributed by atoms with van der Waals surface area (Å²) in [6.45, 7) is 0.597. The van der Waals surface area contributed by atoms with Gasteiger partial charge >= 0.3 is 0 Å². The lowest BCUT2D eigenvalue weighted by Crippen LogP contribution is -2.27. The van der Waals surface area contributed by atoms with E-state index >= 15 is 0 Å². The van der Waals surface area contributed by atoms with E-state index in [-0.39, 0.29) is 24.2 Å². The van der Waals surface area contributed by atoms with Crippen LogP contribution in [-0.2, 0) is 24.2 Å². The average molecular weight is 397 g/mol. The second-order valence-electron chi connectivity index (χ2n) is 6.16. The van der Waals surface area contributed by atoms with Crippen LogP contribution >= 0.6 is 11.3 Å². The van der Waals surface area contributed by atoms with Crippen LogP contribution in [-0.4, -0.2) is 23.3 Å². The summed E-state index contributed by atoms with van der Waals surface area (Å²) >= 11 is 1.31. The van der Waals surface area contributed by atoms with Crippen LogP contribution in [0.15, 0.2) is 60.0 Å². The van der Waals surface area contributed by atoms with Crippen molar-refractivity contribution in [2.75, 3.05) is 6.54 Å². The Kier molecular flexibility index (Phi) is 6.86. The zero-order chi connectivity index (χ0) is 19.8. The minimum absolute atomic E-state index is 0.0997. The van der Waals surface area contributed by atoms with Crippen molar-refractivity contribution in [2.24, 2.45) is 0 Å². The van der Waals surface area contributed by atoms with Gasteiger partial charge < -0.3 is 10.6 Å². The second-order valence-corrected chi connectivity index (χ2v) is 7.11. The van der Waals surface area contributed by atoms with E-state index in [1.807, 2.05) is 30.3 Å². The van der Waals surface area contributed by atoms with Crippen molar-refractivity contribution in [1.29, 1.82) is 0 Å². The van der Waals surface area contributed by atoms with Gasteiger partial charge in [0.2, 0.25) is 5.91 Å². The fourth-order valence-corrected chi connectivity index (χ4v) is 3.33. The normalized spacial score (nSPS) is 10.5. The molecule has 0 spiro atoms. The van der Waals surface area contributed by atoms with Gasteiger partial charge in [0, 0.05) is 11.9 Å². The molecule has 0 aliphatic heterocycles. The van der Waals surface area contributed by atoms with Crippen molar-refractivity contribution in [1.82, 2.24) is 15.6 Å². The molecule has 0 atom stereocenters. The summed E-state index contributed by atoms with van der Waals surface area (Å²) in [5.74, 6) is -0.689. The standard InChI is InChI=1S/C21H20FN3O2S/c22-17-9-5-4-8-16(17)10-11-23-21(27)18-14-28-20(25-18)13-24-19(26)12-15-6-2-1-3-7-15/h1-9,14H,10-13H2,(H,23,27)(H,24,26). The first-order chi connectivity index (χ1) is 13.6. The average Bonchev–Trinajstić information content (AvgIpc) is 3.18. The molecule has 3 aromatic rings. The number of rotatable bonds is 8. The highest BCUT2D eigenvalue weighted by Gasteiger charge is 2.12. The summed E-state index contributed by atoms with van der Waals surface area (Å²) in [7, 11) is 0. The highest BCUT2D eigenvalue weighted by molar-refractivity contribution is 7.09. The number of hydrogen-bond donors (Lipinski definition) is 2. The highest BCUT2D eigenvalue weighted by Crippen LogP contribution is 2.10. The van der Waals surface area contributed by atoms with Crippen LogP contribution in [0.1, 0.15) is 26.6 Å². The summed E-state index contributed by atoms with van der Waals surface area (Å²) in [5, 5.41) is 7.85. The molecule has 1 aromatic heterocycles. The van der Waals surface area contributed by atoms with Crippen molar-refractivity contribution in [3.63, 3.8) is 0 Å². The third kappa shape index (κ3) is 5.72. The molecule has 3 rings (SSSR count). The SMILES string of the molecule is O=C(Cc1ccccc1)NCc1nc(C(=O)NCCc2ccccc2F)cs1. The molecule has 0 saturated heterocycles. The van der Waals surface area contributed by atoms with E-state index in [4.69, 9.17) is 0 Å². The monoisotopic (exact) mass is 397 g/mol. The summed E-state index contributed by atoms with van der Waals surface area (Å²) in [4.78, 5) is 28.4. The maximum Gasteiger partial charge on any atom is 0.270 e. The summed E-state index contributed by atoms with van der Waals surface area (Å²) in [6, 6.07) is 16.0. The molecule has 1 heterocycles. The number of aromatic nitrogens is 1. The number of hydrogen-bond acceptors (Lipinski definition) is 4. The molecule has 0 radical (unpaired) electrons. The smallest absolute Gasteiger partial charge is 0.270 e. The Morgan fingerprint density at radius 3 is 2.54 bits per heavy atom. The largest absolute Gasteiger partial charge is 0.350 e. The maximum absolute atomic E-state index is 13.6. The summed E-state index contributed by atoms with van der Waals surface area (Å²) in [5.41, 5.74) is 1.79. The van der Waals surface area contributed by atoms with Crippen LogP contribution in [0.3, 0.4) is 0 Å². The summed E-state index contributed by atoms with van der Waals surface area (Å²) < 4.78 is 13.6. The molecule has 2 amide bonds. The Hall–Kier alpha value is -3.06. The third-order valence-electron chi connectivity index (χ3n) is 4.07. The van der Waals surface area contributed by atoms with Gasteiger partial charge in [-0.2, -0.15) is 0 Å². The number of amides is 2. The molecular formula is C21H20FN3O2S. The Balaban J connectivity index is 1.43. The summed E-state index contributed by atoms with van der Waals surface area (Å²) in [6.07, 6.45) is 0.709. The number of thiazole rings is 1. The number of benzene rings is 2. The van der Waals surface area contributed by atoms with E-state index in [0.717, 1.165) is 5.56 Å². The molecule has 2 N–H and O–H groups in total. The van der Waals surface area contributed by atoms with Crippen LogP contribution in [0.4, 0.5) is 4.39 Å². The Morgan fingerprint density at radius 2 is 1.75 bits per heavy atom. The molecule has 0 bridgehead atoms. The van der Waals surface area contributed by atoms with E-state index in [2.05, 4.69) is 15.6 Å². The molecule has 0 aliphatic carbocycles. The molecule has 0 saturated carbocycles. The first-order valence-corrected chi connectivity index (χ1v) is 9.76. The van der Waals surface area contributed by atoms with Crippen molar-refractivity contribution < 1.29 is 14.0 Å². The van der Waals surface area contributed by atoms with Crippen LogP contribution in [0.2, 0.25) is 0 Å². The van der Waals surface area contributed by atoms with E-state index < -0.39 is 0 Å². The van der Waals surface area contributed by atoms with Crippen LogP contribution in [0.5, 0.6) is 0 Å². The number of carbonyl (C=O) groups is 2. The van der Waals surface area contributed by atoms with E-state index in [1.54, 1.807) is 23.6 Å². The minimum atomic E-state index is -0.311. The van der Waals surface area contributed by atoms with Crippen LogP contribution in [0.25, 0.3) is 0 Å². The molecule has 5 nitrogen and oxygen atoms in total. The van der Waals surface area contributed by atoms with Gasteiger partial charge in [-0.25, -0.2) is 9.37 Å². The number of halogens is 1. The molecule has 0 aliphatic rings. The molecular weight excluding hydrogens is 377 g/mol. The molecule has 7 heteroatoms. The predicted molar refractivity (Wildman–Crippen MR) is 107 cm³/mol. The quantitative estimate of drug-likeness (QED) is 0.614. The predicted octanol–water partition coefficient (Wildman–Crippen LogP) is 3.11. The van der Waals surface area contributed by atoms with E-state index in [0.29, 0.717) is 35.7 Å². The molecule has 0 unspecified atom stereocenters. The van der Waals surface area contributed by atoms with Gasteiger partial charge in [0.05, 0.1) is 13.0 Å². The molecule has 2 aromatic carbocycles. The molecule has 28 heavy (non-hydrogen) atoms. The molecule has 144 valence electrons. The fraction of sp³-hybridized carbons (Fsp3) is 0.190. The Morgan fingerprint density at radius 1 is 1.00 bits per heavy atom. The Labute approximate surface area is 166 Å². The van der Waals surface area contributed by atoms with Gasteiger partial charge in [0.1, 0.15) is 16.5 Å². The van der Waals surface area contributed by atoms with Crippen LogP contribution in [0, 0.1) is 5.82 Å². The lowest BCUT2D eigenvalue weighted by molar-refractivity contribution is -0.120. The van der Waals surface area contributed by atoms with Crippen LogP contribution < -0.4 is 10.6 Å². The number of nitrogens with one attached hydrogen (secondary N) is 2. The minimum Gasteiger partial charge on any atom is -0.350 e. The first kappa shape index (κ1) is 19.7. The van der Waals surface area contributed by atoms with Gasteiger partial charge in [-0.05, 0) is 23.6 Å².